The molecule has 4 heterocycles. The van der Waals surface area contributed by atoms with Crippen molar-refractivity contribution in [3.63, 3.8) is 0 Å². The first-order valence-electron chi connectivity index (χ1n) is 7.95. The van der Waals surface area contributed by atoms with Crippen LogP contribution in [0.2, 0.25) is 0 Å². The number of pyridine rings is 2. The molecule has 7 heteroatoms. The van der Waals surface area contributed by atoms with Crippen LogP contribution in [-0.4, -0.2) is 38.4 Å². The second kappa shape index (κ2) is 6.45. The minimum absolute atomic E-state index is 0.533. The molecule has 0 radical (unpaired) electrons. The van der Waals surface area contributed by atoms with Crippen molar-refractivity contribution in [1.29, 1.82) is 0 Å². The highest BCUT2D eigenvalue weighted by Gasteiger charge is 2.10. The Labute approximate surface area is 144 Å². The van der Waals surface area contributed by atoms with Crippen LogP contribution >= 0.6 is 0 Å². The van der Waals surface area contributed by atoms with Gasteiger partial charge in [0.15, 0.2) is 0 Å². The van der Waals surface area contributed by atoms with Crippen LogP contribution in [0.5, 0.6) is 0 Å². The zero-order chi connectivity index (χ0) is 17.2. The molecule has 0 amide bonds. The van der Waals surface area contributed by atoms with Crippen molar-refractivity contribution in [1.82, 2.24) is 24.7 Å². The van der Waals surface area contributed by atoms with Crippen LogP contribution in [0.1, 0.15) is 5.89 Å². The average molecular weight is 335 g/mol. The zero-order valence-electron chi connectivity index (χ0n) is 14.0. The monoisotopic (exact) mass is 335 g/mol. The van der Waals surface area contributed by atoms with E-state index in [0.29, 0.717) is 18.3 Å². The molecule has 0 atom stereocenters. The van der Waals surface area contributed by atoms with Gasteiger partial charge in [0.05, 0.1) is 29.7 Å². The molecule has 0 aliphatic carbocycles. The van der Waals surface area contributed by atoms with Gasteiger partial charge in [0.1, 0.15) is 0 Å². The second-order valence-electron chi connectivity index (χ2n) is 5.70. The van der Waals surface area contributed by atoms with Gasteiger partial charge in [-0.25, -0.2) is 0 Å². The molecule has 0 aromatic carbocycles. The number of nitrogens with zero attached hydrogens (tertiary/aromatic N) is 5. The van der Waals surface area contributed by atoms with Crippen LogP contribution < -0.4 is 0 Å². The van der Waals surface area contributed by atoms with E-state index in [4.69, 9.17) is 9.26 Å². The number of fused-ring (bicyclic) bond motifs is 1. The quantitative estimate of drug-likeness (QED) is 0.557. The van der Waals surface area contributed by atoms with Crippen molar-refractivity contribution >= 4 is 10.9 Å². The lowest BCUT2D eigenvalue weighted by Gasteiger charge is -2.05. The predicted octanol–water partition coefficient (Wildman–Crippen LogP) is 3.10. The highest BCUT2D eigenvalue weighted by molar-refractivity contribution is 5.83. The van der Waals surface area contributed by atoms with Gasteiger partial charge < -0.3 is 13.8 Å². The van der Waals surface area contributed by atoms with Crippen molar-refractivity contribution < 1.29 is 9.26 Å². The van der Waals surface area contributed by atoms with Gasteiger partial charge in [-0.2, -0.15) is 4.98 Å². The van der Waals surface area contributed by atoms with E-state index < -0.39 is 0 Å². The van der Waals surface area contributed by atoms with Gasteiger partial charge in [0, 0.05) is 43.9 Å². The predicted molar refractivity (Wildman–Crippen MR) is 92.9 cm³/mol. The van der Waals surface area contributed by atoms with Gasteiger partial charge in [0.2, 0.25) is 11.7 Å². The molecule has 0 aliphatic rings. The Hall–Kier alpha value is -3.06. The topological polar surface area (TPSA) is 78.9 Å². The average Bonchev–Trinajstić information content (AvgIpc) is 3.26. The number of methoxy groups -OCH3 is 1. The first-order valence-corrected chi connectivity index (χ1v) is 7.95. The van der Waals surface area contributed by atoms with Gasteiger partial charge in [-0.15, -0.1) is 0 Å². The molecule has 126 valence electrons. The number of aryl methyl sites for hydroxylation is 1. The highest BCUT2D eigenvalue weighted by atomic mass is 16.5. The molecule has 0 unspecified atom stereocenters. The van der Waals surface area contributed by atoms with E-state index in [1.807, 2.05) is 30.6 Å². The lowest BCUT2D eigenvalue weighted by atomic mass is 10.1. The molecule has 4 aromatic rings. The summed E-state index contributed by atoms with van der Waals surface area (Å²) in [6.07, 6.45) is 5.64. The highest BCUT2D eigenvalue weighted by Crippen LogP contribution is 2.24. The molecule has 0 bridgehead atoms. The fourth-order valence-corrected chi connectivity index (χ4v) is 2.74. The van der Waals surface area contributed by atoms with E-state index >= 15 is 0 Å². The van der Waals surface area contributed by atoms with E-state index in [-0.39, 0.29) is 0 Å². The zero-order valence-corrected chi connectivity index (χ0v) is 14.0. The molecule has 0 aliphatic heterocycles. The molecular weight excluding hydrogens is 318 g/mol. The van der Waals surface area contributed by atoms with Gasteiger partial charge in [0.25, 0.3) is 0 Å². The number of rotatable bonds is 5. The lowest BCUT2D eigenvalue weighted by Crippen LogP contribution is -2.02. The number of hydrogen-bond acceptors (Lipinski definition) is 6. The second-order valence-corrected chi connectivity index (χ2v) is 5.70. The van der Waals surface area contributed by atoms with Crippen LogP contribution in [-0.2, 0) is 11.3 Å². The minimum atomic E-state index is 0.533. The van der Waals surface area contributed by atoms with Gasteiger partial charge in [-0.1, -0.05) is 5.16 Å². The Morgan fingerprint density at radius 1 is 1.16 bits per heavy atom. The standard InChI is InChI=1S/C18H17N5O2/c1-12-21-18(22-25-12)14-3-5-19-15(10-14)16-9-13-4-6-23(7-8-24-2)17(13)11-20-16/h3-6,9-11H,7-8H2,1-2H3. The maximum atomic E-state index is 5.14. The van der Waals surface area contributed by atoms with Crippen LogP contribution in [0.3, 0.4) is 0 Å². The summed E-state index contributed by atoms with van der Waals surface area (Å²) in [6, 6.07) is 7.88. The van der Waals surface area contributed by atoms with Crippen molar-refractivity contribution in [2.24, 2.45) is 0 Å². The lowest BCUT2D eigenvalue weighted by molar-refractivity contribution is 0.188. The van der Waals surface area contributed by atoms with Crippen molar-refractivity contribution in [2.75, 3.05) is 13.7 Å². The molecule has 4 aromatic heterocycles. The Kier molecular flexibility index (Phi) is 3.99. The van der Waals surface area contributed by atoms with Crippen molar-refractivity contribution in [3.8, 4) is 22.8 Å². The molecule has 0 saturated carbocycles. The molecular formula is C18H17N5O2. The smallest absolute Gasteiger partial charge is 0.223 e. The fourth-order valence-electron chi connectivity index (χ4n) is 2.74. The first-order chi connectivity index (χ1) is 12.2. The summed E-state index contributed by atoms with van der Waals surface area (Å²) in [5.41, 5.74) is 3.50. The third-order valence-electron chi connectivity index (χ3n) is 4.00. The summed E-state index contributed by atoms with van der Waals surface area (Å²) >= 11 is 0. The van der Waals surface area contributed by atoms with Gasteiger partial charge in [-0.05, 0) is 24.3 Å². The van der Waals surface area contributed by atoms with E-state index in [9.17, 15) is 0 Å². The summed E-state index contributed by atoms with van der Waals surface area (Å²) in [7, 11) is 1.70. The summed E-state index contributed by atoms with van der Waals surface area (Å²) in [6.45, 7) is 3.23. The maximum absolute atomic E-state index is 5.14. The Bertz CT molecular complexity index is 1020. The van der Waals surface area contributed by atoms with E-state index in [0.717, 1.165) is 34.4 Å². The Morgan fingerprint density at radius 2 is 2.04 bits per heavy atom. The van der Waals surface area contributed by atoms with E-state index in [1.54, 1.807) is 20.2 Å². The van der Waals surface area contributed by atoms with E-state index in [1.165, 1.54) is 0 Å². The molecule has 0 saturated heterocycles. The number of aromatic nitrogens is 5. The Morgan fingerprint density at radius 3 is 2.84 bits per heavy atom. The van der Waals surface area contributed by atoms with Crippen molar-refractivity contribution in [2.45, 2.75) is 13.5 Å². The molecule has 7 nitrogen and oxygen atoms in total. The molecule has 25 heavy (non-hydrogen) atoms. The SMILES string of the molecule is COCCn1ccc2cc(-c3cc(-c4noc(C)n4)ccn3)ncc21. The van der Waals surface area contributed by atoms with Gasteiger partial charge >= 0.3 is 0 Å². The summed E-state index contributed by atoms with van der Waals surface area (Å²) in [5.74, 6) is 1.08. The van der Waals surface area contributed by atoms with Crippen LogP contribution in [0.25, 0.3) is 33.7 Å². The molecule has 0 spiro atoms. The molecule has 0 N–H and O–H groups in total. The third kappa shape index (κ3) is 3.01. The first kappa shape index (κ1) is 15.5. The third-order valence-corrected chi connectivity index (χ3v) is 4.00. The summed E-state index contributed by atoms with van der Waals surface area (Å²) in [4.78, 5) is 13.3. The summed E-state index contributed by atoms with van der Waals surface area (Å²) < 4.78 is 12.3. The van der Waals surface area contributed by atoms with Gasteiger partial charge in [-0.3, -0.25) is 9.97 Å². The minimum Gasteiger partial charge on any atom is -0.383 e. The van der Waals surface area contributed by atoms with Crippen LogP contribution in [0.15, 0.2) is 47.4 Å². The van der Waals surface area contributed by atoms with Crippen LogP contribution in [0, 0.1) is 6.92 Å². The molecule has 4 rings (SSSR count). The fraction of sp³-hybridized carbons (Fsp3) is 0.222. The Balaban J connectivity index is 1.70. The largest absolute Gasteiger partial charge is 0.383 e. The van der Waals surface area contributed by atoms with Crippen LogP contribution in [0.4, 0.5) is 0 Å². The number of ether oxygens (including phenoxy) is 1. The maximum Gasteiger partial charge on any atom is 0.223 e. The van der Waals surface area contributed by atoms with E-state index in [2.05, 4.69) is 30.7 Å². The van der Waals surface area contributed by atoms with Crippen molar-refractivity contribution in [3.05, 3.63) is 48.7 Å². The number of hydrogen-bond donors (Lipinski definition) is 0. The molecule has 0 fully saturated rings. The normalized spacial score (nSPS) is 11.3. The summed E-state index contributed by atoms with van der Waals surface area (Å²) in [5, 5.41) is 5.07.